The normalized spacial score (nSPS) is 13.1. The summed E-state index contributed by atoms with van der Waals surface area (Å²) in [6, 6.07) is 5.37. The summed E-state index contributed by atoms with van der Waals surface area (Å²) in [4.78, 5) is 0.646. The van der Waals surface area contributed by atoms with Gasteiger partial charge in [-0.1, -0.05) is 15.9 Å². The third-order valence-corrected chi connectivity index (χ3v) is 3.36. The molecule has 0 aliphatic rings. The molecule has 1 aromatic carbocycles. The Morgan fingerprint density at radius 1 is 1.55 bits per heavy atom. The molecule has 0 radical (unpaired) electrons. The summed E-state index contributed by atoms with van der Waals surface area (Å²) in [5.41, 5.74) is 1.04. The largest absolute Gasteiger partial charge is 0.594 e. The van der Waals surface area contributed by atoms with Gasteiger partial charge in [-0.05, 0) is 30.7 Å². The van der Waals surface area contributed by atoms with Crippen LogP contribution in [0, 0.1) is 6.92 Å². The van der Waals surface area contributed by atoms with Crippen molar-refractivity contribution in [3.8, 4) is 0 Å². The van der Waals surface area contributed by atoms with E-state index >= 15 is 0 Å². The van der Waals surface area contributed by atoms with Crippen LogP contribution in [0.1, 0.15) is 5.56 Å². The third kappa shape index (κ3) is 2.37. The van der Waals surface area contributed by atoms with Crippen LogP contribution in [0.4, 0.5) is 0 Å². The summed E-state index contributed by atoms with van der Waals surface area (Å²) in [6.07, 6.45) is 0. The van der Waals surface area contributed by atoms with Crippen LogP contribution in [0.5, 0.6) is 0 Å². The topological polar surface area (TPSA) is 23.1 Å². The van der Waals surface area contributed by atoms with Crippen LogP contribution < -0.4 is 0 Å². The molecule has 1 nitrogen and oxygen atoms in total. The highest BCUT2D eigenvalue weighted by Crippen LogP contribution is 2.21. The first-order chi connectivity index (χ1) is 5.11. The fraction of sp³-hybridized carbons (Fsp3) is 0.143. The Labute approximate surface area is 81.6 Å². The van der Waals surface area contributed by atoms with Crippen molar-refractivity contribution in [3.63, 3.8) is 0 Å². The maximum Gasteiger partial charge on any atom is 0.181 e. The van der Waals surface area contributed by atoms with E-state index in [-0.39, 0.29) is 0 Å². The zero-order chi connectivity index (χ0) is 8.43. The second kappa shape index (κ2) is 3.81. The van der Waals surface area contributed by atoms with Gasteiger partial charge in [0.2, 0.25) is 0 Å². The van der Waals surface area contributed by atoms with Gasteiger partial charge in [0.1, 0.15) is 10.4 Å². The van der Waals surface area contributed by atoms with Crippen molar-refractivity contribution in [2.24, 2.45) is 0 Å². The SMILES string of the molecule is Cc1cc([S@+]([O-])Cl)ccc1Br. The van der Waals surface area contributed by atoms with E-state index < -0.39 is 10.4 Å². The summed E-state index contributed by atoms with van der Waals surface area (Å²) in [5.74, 6) is 0. The van der Waals surface area contributed by atoms with Crippen molar-refractivity contribution in [2.45, 2.75) is 11.8 Å². The molecule has 0 bridgehead atoms. The molecule has 1 aromatic rings. The lowest BCUT2D eigenvalue weighted by molar-refractivity contribution is 0.608. The maximum absolute atomic E-state index is 10.8. The molecule has 0 spiro atoms. The van der Waals surface area contributed by atoms with Gasteiger partial charge in [-0.2, -0.15) is 0 Å². The third-order valence-electron chi connectivity index (χ3n) is 1.31. The predicted octanol–water partition coefficient (Wildman–Crippen LogP) is 3.02. The summed E-state index contributed by atoms with van der Waals surface area (Å²) in [6.45, 7) is 1.93. The highest BCUT2D eigenvalue weighted by atomic mass is 79.9. The highest BCUT2D eigenvalue weighted by molar-refractivity contribution is 9.10. The Morgan fingerprint density at radius 3 is 2.64 bits per heavy atom. The molecule has 60 valence electrons. The smallest absolute Gasteiger partial charge is 0.181 e. The number of benzene rings is 1. The summed E-state index contributed by atoms with van der Waals surface area (Å²) < 4.78 is 11.8. The van der Waals surface area contributed by atoms with Crippen LogP contribution in [0.25, 0.3) is 0 Å². The molecule has 0 N–H and O–H groups in total. The number of rotatable bonds is 1. The minimum absolute atomic E-state index is 0.646. The van der Waals surface area contributed by atoms with Gasteiger partial charge in [-0.25, -0.2) is 0 Å². The molecule has 0 unspecified atom stereocenters. The van der Waals surface area contributed by atoms with Gasteiger partial charge in [0.05, 0.1) is 0 Å². The van der Waals surface area contributed by atoms with Gasteiger partial charge in [0.15, 0.2) is 15.6 Å². The van der Waals surface area contributed by atoms with E-state index in [2.05, 4.69) is 15.9 Å². The lowest BCUT2D eigenvalue weighted by atomic mass is 10.2. The molecule has 11 heavy (non-hydrogen) atoms. The minimum Gasteiger partial charge on any atom is -0.594 e. The van der Waals surface area contributed by atoms with Crippen molar-refractivity contribution >= 4 is 37.0 Å². The van der Waals surface area contributed by atoms with E-state index in [1.807, 2.05) is 13.0 Å². The van der Waals surface area contributed by atoms with Crippen molar-refractivity contribution in [2.75, 3.05) is 0 Å². The molecular weight excluding hydrogens is 247 g/mol. The zero-order valence-corrected chi connectivity index (χ0v) is 8.96. The average Bonchev–Trinajstić information content (AvgIpc) is 1.94. The van der Waals surface area contributed by atoms with Crippen molar-refractivity contribution in [3.05, 3.63) is 28.2 Å². The van der Waals surface area contributed by atoms with Gasteiger partial charge in [0, 0.05) is 4.47 Å². The molecule has 0 aliphatic heterocycles. The average molecular weight is 254 g/mol. The van der Waals surface area contributed by atoms with Crippen LogP contribution in [0.2, 0.25) is 0 Å². The van der Waals surface area contributed by atoms with Crippen LogP contribution in [-0.2, 0) is 10.4 Å². The molecule has 0 saturated heterocycles. The summed E-state index contributed by atoms with van der Waals surface area (Å²) in [5, 5.41) is 0. The zero-order valence-electron chi connectivity index (χ0n) is 5.80. The van der Waals surface area contributed by atoms with E-state index in [9.17, 15) is 4.55 Å². The summed E-state index contributed by atoms with van der Waals surface area (Å²) in [7, 11) is 3.99. The van der Waals surface area contributed by atoms with Crippen LogP contribution in [-0.4, -0.2) is 4.55 Å². The molecule has 0 amide bonds. The standard InChI is InChI=1S/C7H6BrClOS/c1-5-4-6(11(9)10)2-3-7(5)8/h2-4H,1H3/t11-/m0/s1. The number of hydrogen-bond donors (Lipinski definition) is 0. The van der Waals surface area contributed by atoms with Gasteiger partial charge in [-0.15, -0.1) is 0 Å². The van der Waals surface area contributed by atoms with Crippen molar-refractivity contribution in [1.82, 2.24) is 0 Å². The van der Waals surface area contributed by atoms with Gasteiger partial charge in [-0.3, -0.25) is 0 Å². The Balaban J connectivity index is 3.05. The minimum atomic E-state index is -1.40. The fourth-order valence-corrected chi connectivity index (χ4v) is 1.70. The lowest BCUT2D eigenvalue weighted by Gasteiger charge is -2.01. The van der Waals surface area contributed by atoms with Gasteiger partial charge >= 0.3 is 0 Å². The first-order valence-electron chi connectivity index (χ1n) is 2.95. The molecule has 4 heteroatoms. The Bertz CT molecular complexity index is 265. The number of aryl methyl sites for hydroxylation is 1. The van der Waals surface area contributed by atoms with Crippen LogP contribution in [0.3, 0.4) is 0 Å². The van der Waals surface area contributed by atoms with Gasteiger partial charge < -0.3 is 4.55 Å². The fourth-order valence-electron chi connectivity index (χ4n) is 0.717. The molecular formula is C7H6BrClOS. The van der Waals surface area contributed by atoms with Crippen molar-refractivity contribution in [1.29, 1.82) is 0 Å². The highest BCUT2D eigenvalue weighted by Gasteiger charge is 2.08. The van der Waals surface area contributed by atoms with E-state index in [0.717, 1.165) is 10.0 Å². The molecule has 0 fully saturated rings. The lowest BCUT2D eigenvalue weighted by Crippen LogP contribution is -1.90. The van der Waals surface area contributed by atoms with E-state index in [1.165, 1.54) is 0 Å². The predicted molar refractivity (Wildman–Crippen MR) is 51.1 cm³/mol. The summed E-state index contributed by atoms with van der Waals surface area (Å²) >= 11 is 3.34. The first-order valence-corrected chi connectivity index (χ1v) is 5.72. The van der Waals surface area contributed by atoms with E-state index in [4.69, 9.17) is 10.7 Å². The second-order valence-electron chi connectivity index (χ2n) is 2.13. The Kier molecular flexibility index (Phi) is 3.25. The Morgan fingerprint density at radius 2 is 2.18 bits per heavy atom. The van der Waals surface area contributed by atoms with E-state index in [1.54, 1.807) is 12.1 Å². The molecule has 0 saturated carbocycles. The van der Waals surface area contributed by atoms with E-state index in [0.29, 0.717) is 4.90 Å². The molecule has 1 atom stereocenters. The first kappa shape index (κ1) is 9.39. The number of halogens is 2. The van der Waals surface area contributed by atoms with Crippen molar-refractivity contribution < 1.29 is 4.55 Å². The second-order valence-corrected chi connectivity index (χ2v) is 4.75. The monoisotopic (exact) mass is 252 g/mol. The molecule has 0 aliphatic carbocycles. The molecule has 0 aromatic heterocycles. The van der Waals surface area contributed by atoms with Crippen LogP contribution in [0.15, 0.2) is 27.6 Å². The van der Waals surface area contributed by atoms with Crippen LogP contribution >= 0.6 is 26.6 Å². The molecule has 0 heterocycles. The van der Waals surface area contributed by atoms with Gasteiger partial charge in [0.25, 0.3) is 0 Å². The Hall–Kier alpha value is 0.300. The maximum atomic E-state index is 10.8. The quantitative estimate of drug-likeness (QED) is 0.706. The molecule has 1 rings (SSSR count). The number of hydrogen-bond acceptors (Lipinski definition) is 1.